The summed E-state index contributed by atoms with van der Waals surface area (Å²) in [7, 11) is 0. The molecule has 2 amide bonds. The van der Waals surface area contributed by atoms with Crippen molar-refractivity contribution in [2.24, 2.45) is 5.92 Å². The molecule has 2 rings (SSSR count). The number of carbonyl (C=O) groups is 2. The average Bonchev–Trinajstić information content (AvgIpc) is 2.39. The van der Waals surface area contributed by atoms with Gasteiger partial charge in [-0.1, -0.05) is 29.5 Å². The van der Waals surface area contributed by atoms with Crippen molar-refractivity contribution in [3.05, 3.63) is 0 Å². The van der Waals surface area contributed by atoms with Crippen LogP contribution in [0.1, 0.15) is 47.0 Å². The zero-order valence-electron chi connectivity index (χ0n) is 14.0. The molecular weight excluding hydrogens is 395 g/mol. The minimum atomic E-state index is -0.485. The molecule has 126 valence electrons. The normalized spacial score (nSPS) is 30.4. The van der Waals surface area contributed by atoms with E-state index >= 15 is 0 Å². The Morgan fingerprint density at radius 3 is 2.64 bits per heavy atom. The monoisotopic (exact) mass is 422 g/mol. The maximum absolute atomic E-state index is 12.4. The second-order valence-corrected chi connectivity index (χ2v) is 9.03. The second kappa shape index (κ2) is 6.93. The van der Waals surface area contributed by atoms with Crippen LogP contribution in [0.2, 0.25) is 0 Å². The molecule has 2 heterocycles. The van der Waals surface area contributed by atoms with Crippen molar-refractivity contribution in [1.82, 2.24) is 9.80 Å². The van der Waals surface area contributed by atoms with Gasteiger partial charge in [-0.2, -0.15) is 0 Å². The molecule has 5 nitrogen and oxygen atoms in total. The first-order chi connectivity index (χ1) is 10.2. The van der Waals surface area contributed by atoms with Gasteiger partial charge in [0.25, 0.3) is 0 Å². The lowest BCUT2D eigenvalue weighted by atomic mass is 9.93. The summed E-state index contributed by atoms with van der Waals surface area (Å²) in [5, 5.41) is 0. The summed E-state index contributed by atoms with van der Waals surface area (Å²) < 4.78 is 5.57. The largest absolute Gasteiger partial charge is 0.444 e. The van der Waals surface area contributed by atoms with Gasteiger partial charge in [-0.3, -0.25) is 4.79 Å². The van der Waals surface area contributed by atoms with Crippen molar-refractivity contribution >= 4 is 34.6 Å². The van der Waals surface area contributed by atoms with E-state index in [1.54, 1.807) is 4.90 Å². The SMILES string of the molecule is C[C@H]1C[C@H](N2CCC[C@H](I)C2=O)CN(C(=O)OC(C)(C)C)C1. The van der Waals surface area contributed by atoms with Crippen LogP contribution in [0.25, 0.3) is 0 Å². The Bertz CT molecular complexity index is 436. The number of amides is 2. The molecule has 0 N–H and O–H groups in total. The van der Waals surface area contributed by atoms with E-state index in [-0.39, 0.29) is 22.0 Å². The number of piperidine rings is 2. The van der Waals surface area contributed by atoms with Crippen LogP contribution < -0.4 is 0 Å². The zero-order valence-corrected chi connectivity index (χ0v) is 16.1. The molecule has 0 unspecified atom stereocenters. The Hall–Kier alpha value is -0.530. The summed E-state index contributed by atoms with van der Waals surface area (Å²) in [4.78, 5) is 28.5. The summed E-state index contributed by atoms with van der Waals surface area (Å²) >= 11 is 2.24. The first-order valence-corrected chi connectivity index (χ1v) is 9.34. The molecule has 0 saturated carbocycles. The smallest absolute Gasteiger partial charge is 0.410 e. The molecule has 0 aromatic heterocycles. The third-order valence-corrected chi connectivity index (χ3v) is 5.29. The Labute approximate surface area is 146 Å². The zero-order chi connectivity index (χ0) is 16.5. The van der Waals surface area contributed by atoms with Gasteiger partial charge < -0.3 is 14.5 Å². The van der Waals surface area contributed by atoms with E-state index in [4.69, 9.17) is 4.74 Å². The highest BCUT2D eigenvalue weighted by molar-refractivity contribution is 14.1. The standard InChI is InChI=1S/C16H27IN2O3/c1-11-8-12(19-7-5-6-13(17)14(19)20)10-18(9-11)15(21)22-16(2,3)4/h11-13H,5-10H2,1-4H3/t11-,12-,13-/m0/s1. The molecule has 0 aromatic rings. The van der Waals surface area contributed by atoms with Crippen LogP contribution in [-0.2, 0) is 9.53 Å². The molecule has 6 heteroatoms. The number of likely N-dealkylation sites (tertiary alicyclic amines) is 2. The van der Waals surface area contributed by atoms with Crippen LogP contribution in [0, 0.1) is 5.92 Å². The topological polar surface area (TPSA) is 49.9 Å². The molecule has 0 spiro atoms. The van der Waals surface area contributed by atoms with Crippen LogP contribution in [0.4, 0.5) is 4.79 Å². The maximum atomic E-state index is 12.4. The van der Waals surface area contributed by atoms with Gasteiger partial charge in [-0.05, 0) is 46.0 Å². The van der Waals surface area contributed by atoms with Gasteiger partial charge in [-0.25, -0.2) is 4.79 Å². The summed E-state index contributed by atoms with van der Waals surface area (Å²) in [5.41, 5.74) is -0.485. The number of hydrogen-bond donors (Lipinski definition) is 0. The van der Waals surface area contributed by atoms with E-state index in [0.29, 0.717) is 19.0 Å². The first-order valence-electron chi connectivity index (χ1n) is 8.10. The molecule has 2 aliphatic rings. The highest BCUT2D eigenvalue weighted by Gasteiger charge is 2.37. The second-order valence-electron chi connectivity index (χ2n) is 7.52. The summed E-state index contributed by atoms with van der Waals surface area (Å²) in [6, 6.07) is 0.126. The number of rotatable bonds is 1. The third-order valence-electron chi connectivity index (χ3n) is 4.14. The fourth-order valence-electron chi connectivity index (χ4n) is 3.24. The maximum Gasteiger partial charge on any atom is 0.410 e. The first kappa shape index (κ1) is 17.8. The van der Waals surface area contributed by atoms with Crippen molar-refractivity contribution in [2.45, 2.75) is 62.5 Å². The molecular formula is C16H27IN2O3. The van der Waals surface area contributed by atoms with E-state index < -0.39 is 5.60 Å². The number of carbonyl (C=O) groups excluding carboxylic acids is 2. The van der Waals surface area contributed by atoms with E-state index in [2.05, 4.69) is 29.5 Å². The Morgan fingerprint density at radius 2 is 2.00 bits per heavy atom. The highest BCUT2D eigenvalue weighted by Crippen LogP contribution is 2.27. The van der Waals surface area contributed by atoms with Crippen molar-refractivity contribution in [3.8, 4) is 0 Å². The van der Waals surface area contributed by atoms with Crippen LogP contribution in [0.3, 0.4) is 0 Å². The average molecular weight is 422 g/mol. The predicted octanol–water partition coefficient (Wildman–Crippen LogP) is 3.06. The van der Waals surface area contributed by atoms with Gasteiger partial charge in [0.05, 0.1) is 3.92 Å². The lowest BCUT2D eigenvalue weighted by Crippen LogP contribution is -2.57. The minimum Gasteiger partial charge on any atom is -0.444 e. The van der Waals surface area contributed by atoms with Crippen molar-refractivity contribution in [1.29, 1.82) is 0 Å². The lowest BCUT2D eigenvalue weighted by Gasteiger charge is -2.44. The van der Waals surface area contributed by atoms with E-state index in [1.807, 2.05) is 25.7 Å². The number of hydrogen-bond acceptors (Lipinski definition) is 3. The summed E-state index contributed by atoms with van der Waals surface area (Å²) in [6.45, 7) is 9.90. The molecule has 22 heavy (non-hydrogen) atoms. The molecule has 3 atom stereocenters. The summed E-state index contributed by atoms with van der Waals surface area (Å²) in [6.07, 6.45) is 2.72. The Kier molecular flexibility index (Phi) is 5.61. The van der Waals surface area contributed by atoms with Gasteiger partial charge in [0.1, 0.15) is 5.60 Å². The fourth-order valence-corrected chi connectivity index (χ4v) is 4.04. The van der Waals surface area contributed by atoms with Crippen LogP contribution in [0.15, 0.2) is 0 Å². The van der Waals surface area contributed by atoms with Gasteiger partial charge in [0.2, 0.25) is 5.91 Å². The number of ether oxygens (including phenoxy) is 1. The minimum absolute atomic E-state index is 0.0820. The quantitative estimate of drug-likeness (QED) is 0.482. The van der Waals surface area contributed by atoms with Gasteiger partial charge in [0.15, 0.2) is 0 Å². The molecule has 0 aliphatic carbocycles. The molecule has 0 radical (unpaired) electrons. The van der Waals surface area contributed by atoms with Gasteiger partial charge in [-0.15, -0.1) is 0 Å². The van der Waals surface area contributed by atoms with Gasteiger partial charge >= 0.3 is 6.09 Å². The third kappa shape index (κ3) is 4.49. The molecule has 0 aromatic carbocycles. The van der Waals surface area contributed by atoms with Crippen LogP contribution >= 0.6 is 22.6 Å². The van der Waals surface area contributed by atoms with Crippen molar-refractivity contribution < 1.29 is 14.3 Å². The van der Waals surface area contributed by atoms with Crippen LogP contribution in [-0.4, -0.2) is 57.0 Å². The number of nitrogens with zero attached hydrogens (tertiary/aromatic N) is 2. The molecule has 0 bridgehead atoms. The Morgan fingerprint density at radius 1 is 1.32 bits per heavy atom. The van der Waals surface area contributed by atoms with Crippen molar-refractivity contribution in [2.75, 3.05) is 19.6 Å². The van der Waals surface area contributed by atoms with E-state index in [9.17, 15) is 9.59 Å². The molecule has 2 fully saturated rings. The van der Waals surface area contributed by atoms with E-state index in [0.717, 1.165) is 25.8 Å². The lowest BCUT2D eigenvalue weighted by molar-refractivity contribution is -0.136. The van der Waals surface area contributed by atoms with E-state index in [1.165, 1.54) is 0 Å². The highest BCUT2D eigenvalue weighted by atomic mass is 127. The van der Waals surface area contributed by atoms with Crippen LogP contribution in [0.5, 0.6) is 0 Å². The molecule has 2 aliphatic heterocycles. The van der Waals surface area contributed by atoms with Crippen molar-refractivity contribution in [3.63, 3.8) is 0 Å². The number of halogens is 1. The predicted molar refractivity (Wildman–Crippen MR) is 94.1 cm³/mol. The Balaban J connectivity index is 2.04. The number of alkyl halides is 1. The van der Waals surface area contributed by atoms with Gasteiger partial charge in [0, 0.05) is 25.7 Å². The fraction of sp³-hybridized carbons (Fsp3) is 0.875. The molecule has 2 saturated heterocycles. The summed E-state index contributed by atoms with van der Waals surface area (Å²) in [5.74, 6) is 0.615.